The molecule has 0 unspecified atom stereocenters. The van der Waals surface area contributed by atoms with Gasteiger partial charge >= 0.3 is 0 Å². The average molecular weight is 496 g/mol. The average Bonchev–Trinajstić information content (AvgIpc) is 3.21. The molecule has 0 saturated carbocycles. The molecule has 1 aliphatic rings. The van der Waals surface area contributed by atoms with Crippen LogP contribution in [-0.2, 0) is 16.4 Å². The van der Waals surface area contributed by atoms with E-state index in [4.69, 9.17) is 28.2 Å². The second-order valence-corrected chi connectivity index (χ2v) is 11.3. The molecule has 0 spiro atoms. The van der Waals surface area contributed by atoms with Crippen molar-refractivity contribution in [2.75, 3.05) is 31.1 Å². The van der Waals surface area contributed by atoms with Crippen LogP contribution in [0.1, 0.15) is 22.4 Å². The predicted molar refractivity (Wildman–Crippen MR) is 128 cm³/mol. The fraction of sp³-hybridized carbons (Fsp3) is 0.318. The molecule has 0 N–H and O–H groups in total. The first-order chi connectivity index (χ1) is 14.7. The quantitative estimate of drug-likeness (QED) is 0.489. The summed E-state index contributed by atoms with van der Waals surface area (Å²) in [6, 6.07) is 11.0. The molecule has 0 bridgehead atoms. The van der Waals surface area contributed by atoms with Crippen molar-refractivity contribution < 1.29 is 8.42 Å². The summed E-state index contributed by atoms with van der Waals surface area (Å²) in [5.41, 5.74) is 4.85. The first kappa shape index (κ1) is 22.6. The maximum absolute atomic E-state index is 13.0. The standard InChI is InChI=1S/C22H23Cl2N3O2S2/c1-15-3-4-17(11-16(15)2)12-19-14-30-22(25-19)26-7-9-27(10-8-26)31(28,29)21-13-18(23)5-6-20(21)24/h3-6,11,13-14H,7-10,12H2,1-2H3. The van der Waals surface area contributed by atoms with E-state index >= 15 is 0 Å². The molecule has 9 heteroatoms. The fourth-order valence-electron chi connectivity index (χ4n) is 3.58. The fourth-order valence-corrected chi connectivity index (χ4v) is 6.62. The van der Waals surface area contributed by atoms with Crippen LogP contribution in [0.3, 0.4) is 0 Å². The summed E-state index contributed by atoms with van der Waals surface area (Å²) in [4.78, 5) is 6.98. The van der Waals surface area contributed by atoms with Crippen LogP contribution < -0.4 is 4.90 Å². The molecule has 0 atom stereocenters. The molecule has 0 amide bonds. The molecule has 2 aromatic carbocycles. The number of rotatable bonds is 5. The van der Waals surface area contributed by atoms with Gasteiger partial charge in [-0.2, -0.15) is 4.31 Å². The molecule has 1 saturated heterocycles. The van der Waals surface area contributed by atoms with Crippen molar-refractivity contribution >= 4 is 49.7 Å². The lowest BCUT2D eigenvalue weighted by Crippen LogP contribution is -2.48. The maximum Gasteiger partial charge on any atom is 0.244 e. The first-order valence-corrected chi connectivity index (χ1v) is 13.0. The van der Waals surface area contributed by atoms with Gasteiger partial charge in [-0.05, 0) is 48.7 Å². The van der Waals surface area contributed by atoms with Crippen molar-refractivity contribution in [3.05, 3.63) is 74.2 Å². The van der Waals surface area contributed by atoms with E-state index in [9.17, 15) is 8.42 Å². The number of thiazole rings is 1. The zero-order valence-electron chi connectivity index (χ0n) is 17.3. The molecule has 31 heavy (non-hydrogen) atoms. The van der Waals surface area contributed by atoms with E-state index in [0.717, 1.165) is 17.2 Å². The van der Waals surface area contributed by atoms with Crippen molar-refractivity contribution in [3.63, 3.8) is 0 Å². The highest BCUT2D eigenvalue weighted by atomic mass is 35.5. The van der Waals surface area contributed by atoms with Crippen molar-refractivity contribution in [2.24, 2.45) is 0 Å². The minimum absolute atomic E-state index is 0.0556. The minimum atomic E-state index is -3.69. The van der Waals surface area contributed by atoms with E-state index in [2.05, 4.69) is 42.3 Å². The van der Waals surface area contributed by atoms with Gasteiger partial charge in [-0.3, -0.25) is 0 Å². The Balaban J connectivity index is 1.42. The summed E-state index contributed by atoms with van der Waals surface area (Å²) in [5, 5.41) is 3.54. The lowest BCUT2D eigenvalue weighted by atomic mass is 10.0. The zero-order valence-corrected chi connectivity index (χ0v) is 20.5. The number of hydrogen-bond donors (Lipinski definition) is 0. The third kappa shape index (κ3) is 4.91. The highest BCUT2D eigenvalue weighted by Crippen LogP contribution is 2.30. The van der Waals surface area contributed by atoms with E-state index < -0.39 is 10.0 Å². The number of anilines is 1. The second-order valence-electron chi connectivity index (χ2n) is 7.68. The van der Waals surface area contributed by atoms with E-state index in [0.29, 0.717) is 31.2 Å². The Kier molecular flexibility index (Phi) is 6.60. The first-order valence-electron chi connectivity index (χ1n) is 9.95. The Labute approximate surface area is 197 Å². The van der Waals surface area contributed by atoms with Gasteiger partial charge in [0, 0.05) is 43.0 Å². The molecular formula is C22H23Cl2N3O2S2. The number of nitrogens with zero attached hydrogens (tertiary/aromatic N) is 3. The van der Waals surface area contributed by atoms with Crippen LogP contribution in [-0.4, -0.2) is 43.9 Å². The van der Waals surface area contributed by atoms with Crippen LogP contribution in [0.25, 0.3) is 0 Å². The minimum Gasteiger partial charge on any atom is -0.345 e. The summed E-state index contributed by atoms with van der Waals surface area (Å²) in [6.07, 6.45) is 0.791. The van der Waals surface area contributed by atoms with Gasteiger partial charge < -0.3 is 4.90 Å². The lowest BCUT2D eigenvalue weighted by molar-refractivity contribution is 0.384. The Morgan fingerprint density at radius 1 is 1.00 bits per heavy atom. The Hall–Kier alpha value is -1.64. The molecule has 164 valence electrons. The van der Waals surface area contributed by atoms with Gasteiger partial charge in [0.15, 0.2) is 5.13 Å². The number of sulfonamides is 1. The normalized spacial score (nSPS) is 15.4. The third-order valence-corrected chi connectivity index (χ3v) is 9.08. The molecule has 0 aliphatic carbocycles. The van der Waals surface area contributed by atoms with Crippen LogP contribution >= 0.6 is 34.5 Å². The van der Waals surface area contributed by atoms with Crippen LogP contribution in [0.15, 0.2) is 46.7 Å². The van der Waals surface area contributed by atoms with Crippen molar-refractivity contribution in [1.82, 2.24) is 9.29 Å². The highest BCUT2D eigenvalue weighted by Gasteiger charge is 2.31. The summed E-state index contributed by atoms with van der Waals surface area (Å²) >= 11 is 13.7. The summed E-state index contributed by atoms with van der Waals surface area (Å²) in [6.45, 7) is 6.13. The summed E-state index contributed by atoms with van der Waals surface area (Å²) in [7, 11) is -3.69. The molecule has 3 aromatic rings. The Morgan fingerprint density at radius 3 is 2.45 bits per heavy atom. The molecule has 1 aliphatic heterocycles. The number of aryl methyl sites for hydroxylation is 2. The van der Waals surface area contributed by atoms with Crippen molar-refractivity contribution in [2.45, 2.75) is 25.2 Å². The largest absolute Gasteiger partial charge is 0.345 e. The van der Waals surface area contributed by atoms with Crippen molar-refractivity contribution in [1.29, 1.82) is 0 Å². The van der Waals surface area contributed by atoms with E-state index in [1.54, 1.807) is 17.4 Å². The zero-order chi connectivity index (χ0) is 22.2. The molecule has 4 rings (SSSR count). The Morgan fingerprint density at radius 2 is 1.74 bits per heavy atom. The number of halogens is 2. The smallest absolute Gasteiger partial charge is 0.244 e. The van der Waals surface area contributed by atoms with Crippen LogP contribution in [0.5, 0.6) is 0 Å². The second kappa shape index (κ2) is 9.08. The van der Waals surface area contributed by atoms with Crippen LogP contribution in [0.4, 0.5) is 5.13 Å². The van der Waals surface area contributed by atoms with E-state index in [1.807, 2.05) is 0 Å². The maximum atomic E-state index is 13.0. The topological polar surface area (TPSA) is 53.5 Å². The number of hydrogen-bond acceptors (Lipinski definition) is 5. The number of aromatic nitrogens is 1. The van der Waals surface area contributed by atoms with Gasteiger partial charge in [-0.15, -0.1) is 11.3 Å². The third-order valence-electron chi connectivity index (χ3n) is 5.52. The van der Waals surface area contributed by atoms with Gasteiger partial charge in [0.1, 0.15) is 4.90 Å². The number of piperazine rings is 1. The predicted octanol–water partition coefficient (Wildman–Crippen LogP) is 5.17. The molecule has 5 nitrogen and oxygen atoms in total. The molecule has 1 fully saturated rings. The van der Waals surface area contributed by atoms with Gasteiger partial charge in [0.2, 0.25) is 10.0 Å². The molecular weight excluding hydrogens is 473 g/mol. The Bertz CT molecular complexity index is 1200. The molecule has 1 aromatic heterocycles. The lowest BCUT2D eigenvalue weighted by Gasteiger charge is -2.34. The van der Waals surface area contributed by atoms with Gasteiger partial charge in [-0.25, -0.2) is 13.4 Å². The molecule has 0 radical (unpaired) electrons. The van der Waals surface area contributed by atoms with Gasteiger partial charge in [0.25, 0.3) is 0 Å². The van der Waals surface area contributed by atoms with Gasteiger partial charge in [-0.1, -0.05) is 41.4 Å². The summed E-state index contributed by atoms with van der Waals surface area (Å²) < 4.78 is 27.5. The number of benzene rings is 2. The monoisotopic (exact) mass is 495 g/mol. The van der Waals surface area contributed by atoms with Crippen LogP contribution in [0.2, 0.25) is 10.0 Å². The highest BCUT2D eigenvalue weighted by molar-refractivity contribution is 7.89. The summed E-state index contributed by atoms with van der Waals surface area (Å²) in [5.74, 6) is 0. The SMILES string of the molecule is Cc1ccc(Cc2csc(N3CCN(S(=O)(=O)c4cc(Cl)ccc4Cl)CC3)n2)cc1C. The molecule has 2 heterocycles. The van der Waals surface area contributed by atoms with Crippen LogP contribution in [0, 0.1) is 13.8 Å². The van der Waals surface area contributed by atoms with Crippen molar-refractivity contribution in [3.8, 4) is 0 Å². The van der Waals surface area contributed by atoms with E-state index in [-0.39, 0.29) is 9.92 Å². The van der Waals surface area contributed by atoms with E-state index in [1.165, 1.54) is 33.1 Å². The van der Waals surface area contributed by atoms with Gasteiger partial charge in [0.05, 0.1) is 10.7 Å².